The summed E-state index contributed by atoms with van der Waals surface area (Å²) >= 11 is 0. The van der Waals surface area contributed by atoms with Crippen LogP contribution in [0.15, 0.2) is 24.3 Å². The maximum atomic E-state index is 12.1. The molecular weight excluding hydrogens is 308 g/mol. The summed E-state index contributed by atoms with van der Waals surface area (Å²) in [7, 11) is 0. The van der Waals surface area contributed by atoms with E-state index in [1.54, 1.807) is 4.68 Å². The third kappa shape index (κ3) is 3.59. The molecular formula is C13H17ClN6O2. The van der Waals surface area contributed by atoms with Crippen molar-refractivity contribution < 1.29 is 9.53 Å². The second kappa shape index (κ2) is 7.30. The van der Waals surface area contributed by atoms with Crippen molar-refractivity contribution in [3.63, 3.8) is 0 Å². The fraction of sp³-hybridized carbons (Fsp3) is 0.385. The van der Waals surface area contributed by atoms with E-state index in [0.29, 0.717) is 24.7 Å². The Bertz CT molecular complexity index is 641. The lowest BCUT2D eigenvalue weighted by molar-refractivity contribution is -0.128. The van der Waals surface area contributed by atoms with Gasteiger partial charge in [-0.3, -0.25) is 4.79 Å². The number of hydrogen-bond donors (Lipinski definition) is 2. The number of benzene rings is 1. The molecule has 118 valence electrons. The number of aryl methyl sites for hydroxylation is 1. The van der Waals surface area contributed by atoms with Gasteiger partial charge in [0, 0.05) is 18.8 Å². The van der Waals surface area contributed by atoms with Crippen LogP contribution >= 0.6 is 12.4 Å². The van der Waals surface area contributed by atoms with Crippen molar-refractivity contribution in [2.75, 3.05) is 25.0 Å². The Morgan fingerprint density at radius 3 is 3.05 bits per heavy atom. The van der Waals surface area contributed by atoms with Crippen molar-refractivity contribution in [1.82, 2.24) is 25.5 Å². The van der Waals surface area contributed by atoms with Gasteiger partial charge in [0.15, 0.2) is 5.82 Å². The number of morpholine rings is 1. The summed E-state index contributed by atoms with van der Waals surface area (Å²) in [5.74, 6) is 0.520. The Kier molecular flexibility index (Phi) is 5.42. The van der Waals surface area contributed by atoms with Gasteiger partial charge in [0.25, 0.3) is 5.91 Å². The number of carbonyl (C=O) groups is 1. The molecule has 2 N–H and O–H groups in total. The molecule has 2 aromatic rings. The summed E-state index contributed by atoms with van der Waals surface area (Å²) in [5, 5.41) is 17.3. The molecule has 1 aliphatic rings. The minimum atomic E-state index is -0.461. The fourth-order valence-electron chi connectivity index (χ4n) is 2.14. The largest absolute Gasteiger partial charge is 0.366 e. The van der Waals surface area contributed by atoms with Gasteiger partial charge in [-0.25, -0.2) is 0 Å². The second-order valence-electron chi connectivity index (χ2n) is 4.74. The zero-order valence-electron chi connectivity index (χ0n) is 12.0. The van der Waals surface area contributed by atoms with Crippen molar-refractivity contribution in [2.24, 2.45) is 0 Å². The monoisotopic (exact) mass is 324 g/mol. The molecule has 3 rings (SSSR count). The Morgan fingerprint density at radius 2 is 2.36 bits per heavy atom. The highest BCUT2D eigenvalue weighted by atomic mass is 35.5. The topological polar surface area (TPSA) is 94.0 Å². The molecule has 1 unspecified atom stereocenters. The number of halogens is 1. The van der Waals surface area contributed by atoms with Crippen molar-refractivity contribution in [3.8, 4) is 5.69 Å². The van der Waals surface area contributed by atoms with Crippen LogP contribution in [-0.2, 0) is 9.53 Å². The number of nitrogens with one attached hydrogen (secondary N) is 2. The Hall–Kier alpha value is -2.03. The number of ether oxygens (including phenoxy) is 1. The standard InChI is InChI=1S/C13H16N6O2.ClH/c1-9-16-17-18-19(9)11-4-2-3-10(7-11)15-13(20)12-8-14-5-6-21-12;/h2-4,7,12,14H,5-6,8H2,1H3,(H,15,20);1H. The van der Waals surface area contributed by atoms with Crippen molar-refractivity contribution >= 4 is 24.0 Å². The predicted molar refractivity (Wildman–Crippen MR) is 82.4 cm³/mol. The van der Waals surface area contributed by atoms with E-state index in [4.69, 9.17) is 4.74 Å². The van der Waals surface area contributed by atoms with Crippen LogP contribution in [0.4, 0.5) is 5.69 Å². The Morgan fingerprint density at radius 1 is 1.50 bits per heavy atom. The molecule has 8 nitrogen and oxygen atoms in total. The number of rotatable bonds is 3. The first-order valence-electron chi connectivity index (χ1n) is 6.72. The molecule has 1 saturated heterocycles. The van der Waals surface area contributed by atoms with Crippen LogP contribution < -0.4 is 10.6 Å². The number of anilines is 1. The molecule has 2 heterocycles. The second-order valence-corrected chi connectivity index (χ2v) is 4.74. The van der Waals surface area contributed by atoms with E-state index in [-0.39, 0.29) is 18.3 Å². The summed E-state index contributed by atoms with van der Waals surface area (Å²) in [4.78, 5) is 12.1. The first-order valence-corrected chi connectivity index (χ1v) is 6.72. The van der Waals surface area contributed by atoms with Crippen molar-refractivity contribution in [1.29, 1.82) is 0 Å². The molecule has 1 aromatic heterocycles. The average Bonchev–Trinajstić information content (AvgIpc) is 2.94. The molecule has 1 amide bonds. The van der Waals surface area contributed by atoms with Crippen LogP contribution in [0.3, 0.4) is 0 Å². The van der Waals surface area contributed by atoms with E-state index in [1.165, 1.54) is 0 Å². The number of tetrazole rings is 1. The lowest BCUT2D eigenvalue weighted by atomic mass is 10.2. The quantitative estimate of drug-likeness (QED) is 0.844. The number of aromatic nitrogens is 4. The first-order chi connectivity index (χ1) is 10.2. The molecule has 1 aromatic carbocycles. The molecule has 0 aliphatic carbocycles. The zero-order chi connectivity index (χ0) is 14.7. The first kappa shape index (κ1) is 16.3. The fourth-order valence-corrected chi connectivity index (χ4v) is 2.14. The van der Waals surface area contributed by atoms with Gasteiger partial charge in [-0.2, -0.15) is 4.68 Å². The van der Waals surface area contributed by atoms with E-state index in [0.717, 1.165) is 12.2 Å². The van der Waals surface area contributed by atoms with Gasteiger partial charge >= 0.3 is 0 Å². The van der Waals surface area contributed by atoms with Crippen LogP contribution in [0.5, 0.6) is 0 Å². The van der Waals surface area contributed by atoms with Gasteiger partial charge in [-0.15, -0.1) is 17.5 Å². The van der Waals surface area contributed by atoms with Crippen LogP contribution in [0.1, 0.15) is 5.82 Å². The maximum absolute atomic E-state index is 12.1. The minimum Gasteiger partial charge on any atom is -0.366 e. The SMILES string of the molecule is Cc1nnnn1-c1cccc(NC(=O)C2CNCCO2)c1.Cl. The van der Waals surface area contributed by atoms with Crippen molar-refractivity contribution in [3.05, 3.63) is 30.1 Å². The molecule has 22 heavy (non-hydrogen) atoms. The summed E-state index contributed by atoms with van der Waals surface area (Å²) < 4.78 is 7.03. The van der Waals surface area contributed by atoms with Gasteiger partial charge in [0.05, 0.1) is 12.3 Å². The van der Waals surface area contributed by atoms with E-state index in [9.17, 15) is 4.79 Å². The molecule has 9 heteroatoms. The number of amides is 1. The summed E-state index contributed by atoms with van der Waals surface area (Å²) in [6, 6.07) is 7.35. The van der Waals surface area contributed by atoms with Crippen LogP contribution in [-0.4, -0.2) is 51.9 Å². The van der Waals surface area contributed by atoms with Crippen LogP contribution in [0.25, 0.3) is 5.69 Å². The molecule has 0 spiro atoms. The van der Waals surface area contributed by atoms with Crippen LogP contribution in [0.2, 0.25) is 0 Å². The number of nitrogens with zero attached hydrogens (tertiary/aromatic N) is 4. The minimum absolute atomic E-state index is 0. The highest BCUT2D eigenvalue weighted by Crippen LogP contribution is 2.15. The van der Waals surface area contributed by atoms with Gasteiger partial charge < -0.3 is 15.4 Å². The number of hydrogen-bond acceptors (Lipinski definition) is 6. The highest BCUT2D eigenvalue weighted by Gasteiger charge is 2.21. The van der Waals surface area contributed by atoms with Gasteiger partial charge in [-0.05, 0) is 35.5 Å². The Balaban J connectivity index is 0.00000176. The molecule has 1 fully saturated rings. The summed E-state index contributed by atoms with van der Waals surface area (Å²) in [5.41, 5.74) is 1.47. The Labute approximate surface area is 133 Å². The zero-order valence-corrected chi connectivity index (χ0v) is 12.8. The van der Waals surface area contributed by atoms with Crippen LogP contribution in [0, 0.1) is 6.92 Å². The van der Waals surface area contributed by atoms with Gasteiger partial charge in [0.1, 0.15) is 6.10 Å². The summed E-state index contributed by atoms with van der Waals surface area (Å²) in [6.07, 6.45) is -0.461. The van der Waals surface area contributed by atoms with Gasteiger partial charge in [0.2, 0.25) is 0 Å². The molecule has 0 bridgehead atoms. The summed E-state index contributed by atoms with van der Waals surface area (Å²) in [6.45, 7) is 3.66. The van der Waals surface area contributed by atoms with Crippen molar-refractivity contribution in [2.45, 2.75) is 13.0 Å². The molecule has 1 aliphatic heterocycles. The third-order valence-electron chi connectivity index (χ3n) is 3.20. The number of carbonyl (C=O) groups excluding carboxylic acids is 1. The predicted octanol–water partition coefficient (Wildman–Crippen LogP) is 0.319. The average molecular weight is 325 g/mol. The normalized spacial score (nSPS) is 17.6. The molecule has 0 saturated carbocycles. The van der Waals surface area contributed by atoms with Gasteiger partial charge in [-0.1, -0.05) is 6.07 Å². The molecule has 0 radical (unpaired) electrons. The van der Waals surface area contributed by atoms with E-state index >= 15 is 0 Å². The van der Waals surface area contributed by atoms with E-state index in [2.05, 4.69) is 26.2 Å². The van der Waals surface area contributed by atoms with E-state index < -0.39 is 6.10 Å². The maximum Gasteiger partial charge on any atom is 0.254 e. The smallest absolute Gasteiger partial charge is 0.254 e. The molecule has 1 atom stereocenters. The van der Waals surface area contributed by atoms with E-state index in [1.807, 2.05) is 31.2 Å². The lowest BCUT2D eigenvalue weighted by Gasteiger charge is -2.22. The lowest BCUT2D eigenvalue weighted by Crippen LogP contribution is -2.45. The highest BCUT2D eigenvalue weighted by molar-refractivity contribution is 5.94. The third-order valence-corrected chi connectivity index (χ3v) is 3.20.